The third kappa shape index (κ3) is 4.73. The molecule has 0 amide bonds. The van der Waals surface area contributed by atoms with E-state index in [4.69, 9.17) is 0 Å². The standard InChI is InChI=1S/C20H18N4O2/c25-21-13-17-4-8-23(9-5-17)15-19-2-1-3-20(12-19)16-24-10-6-18(7-11-24)14-22-26/h1-14H,15-16H2. The number of nitroso groups, excluding NO2 is 2. The van der Waals surface area contributed by atoms with Crippen LogP contribution < -0.4 is 0 Å². The highest BCUT2D eigenvalue weighted by atomic mass is 16.3. The SMILES string of the molecule is O=NC=C1C=CN(Cc2cccc(CN3C=CC(=CN=O)C=C3)c2)C=C1. The predicted octanol–water partition coefficient (Wildman–Crippen LogP) is 4.67. The van der Waals surface area contributed by atoms with Crippen LogP contribution in [0.5, 0.6) is 0 Å². The van der Waals surface area contributed by atoms with Gasteiger partial charge in [-0.15, -0.1) is 9.81 Å². The van der Waals surface area contributed by atoms with E-state index in [-0.39, 0.29) is 0 Å². The van der Waals surface area contributed by atoms with Crippen LogP contribution in [0.15, 0.2) is 107 Å². The molecular weight excluding hydrogens is 328 g/mol. The molecule has 2 aliphatic heterocycles. The predicted molar refractivity (Wildman–Crippen MR) is 102 cm³/mol. The Morgan fingerprint density at radius 1 is 0.731 bits per heavy atom. The fourth-order valence-electron chi connectivity index (χ4n) is 2.69. The van der Waals surface area contributed by atoms with Gasteiger partial charge in [-0.05, 0) is 56.9 Å². The van der Waals surface area contributed by atoms with Crippen molar-refractivity contribution in [2.45, 2.75) is 13.1 Å². The van der Waals surface area contributed by atoms with Gasteiger partial charge in [0.15, 0.2) is 0 Å². The molecular formula is C20H18N4O2. The summed E-state index contributed by atoms with van der Waals surface area (Å²) in [7, 11) is 0. The summed E-state index contributed by atoms with van der Waals surface area (Å²) in [5, 5.41) is 5.56. The number of hydrogen-bond donors (Lipinski definition) is 0. The zero-order chi connectivity index (χ0) is 18.2. The molecule has 1 aromatic rings. The summed E-state index contributed by atoms with van der Waals surface area (Å²) in [6.07, 6.45) is 17.7. The second-order valence-corrected chi connectivity index (χ2v) is 5.90. The summed E-state index contributed by atoms with van der Waals surface area (Å²) in [5.74, 6) is 0. The molecule has 0 atom stereocenters. The number of hydrogen-bond acceptors (Lipinski definition) is 6. The molecule has 130 valence electrons. The number of benzene rings is 1. The van der Waals surface area contributed by atoms with Gasteiger partial charge in [0.2, 0.25) is 0 Å². The Kier molecular flexibility index (Phi) is 5.67. The lowest BCUT2D eigenvalue weighted by atomic mass is 10.1. The monoisotopic (exact) mass is 346 g/mol. The number of nitrogens with zero attached hydrogens (tertiary/aromatic N) is 4. The summed E-state index contributed by atoms with van der Waals surface area (Å²) >= 11 is 0. The largest absolute Gasteiger partial charge is 0.350 e. The highest BCUT2D eigenvalue weighted by molar-refractivity contribution is 5.35. The van der Waals surface area contributed by atoms with Gasteiger partial charge >= 0.3 is 0 Å². The first-order valence-corrected chi connectivity index (χ1v) is 8.14. The van der Waals surface area contributed by atoms with E-state index in [0.29, 0.717) is 0 Å². The molecule has 0 aromatic heterocycles. The quantitative estimate of drug-likeness (QED) is 0.702. The minimum Gasteiger partial charge on any atom is -0.350 e. The second-order valence-electron chi connectivity index (χ2n) is 5.90. The summed E-state index contributed by atoms with van der Waals surface area (Å²) < 4.78 is 0. The molecule has 0 saturated heterocycles. The van der Waals surface area contributed by atoms with Gasteiger partial charge in [-0.25, -0.2) is 0 Å². The maximum atomic E-state index is 10.3. The van der Waals surface area contributed by atoms with E-state index in [2.05, 4.69) is 28.6 Å². The Morgan fingerprint density at radius 2 is 1.15 bits per heavy atom. The lowest BCUT2D eigenvalue weighted by Gasteiger charge is -2.21. The van der Waals surface area contributed by atoms with Gasteiger partial charge in [0, 0.05) is 37.9 Å². The van der Waals surface area contributed by atoms with Crippen LogP contribution >= 0.6 is 0 Å². The molecule has 26 heavy (non-hydrogen) atoms. The maximum Gasteiger partial charge on any atom is 0.0788 e. The molecule has 0 spiro atoms. The molecule has 0 radical (unpaired) electrons. The average Bonchev–Trinajstić information content (AvgIpc) is 2.66. The summed E-state index contributed by atoms with van der Waals surface area (Å²) in [6.45, 7) is 1.48. The Morgan fingerprint density at radius 3 is 1.54 bits per heavy atom. The topological polar surface area (TPSA) is 65.3 Å². The average molecular weight is 346 g/mol. The fraction of sp³-hybridized carbons (Fsp3) is 0.100. The molecule has 0 aliphatic carbocycles. The third-order valence-electron chi connectivity index (χ3n) is 3.96. The molecule has 2 heterocycles. The van der Waals surface area contributed by atoms with E-state index < -0.39 is 0 Å². The fourth-order valence-corrected chi connectivity index (χ4v) is 2.69. The van der Waals surface area contributed by atoms with Crippen LogP contribution in [0.25, 0.3) is 0 Å². The van der Waals surface area contributed by atoms with Crippen molar-refractivity contribution >= 4 is 0 Å². The molecule has 3 rings (SSSR count). The van der Waals surface area contributed by atoms with Crippen molar-refractivity contribution in [3.63, 3.8) is 0 Å². The van der Waals surface area contributed by atoms with Crippen molar-refractivity contribution in [3.8, 4) is 0 Å². The van der Waals surface area contributed by atoms with Gasteiger partial charge < -0.3 is 9.80 Å². The first-order valence-electron chi connectivity index (χ1n) is 8.14. The maximum absolute atomic E-state index is 10.3. The van der Waals surface area contributed by atoms with Crippen molar-refractivity contribution in [1.29, 1.82) is 0 Å². The van der Waals surface area contributed by atoms with Crippen molar-refractivity contribution in [2.75, 3.05) is 0 Å². The molecule has 0 bridgehead atoms. The molecule has 2 aliphatic rings. The Labute approximate surface area is 151 Å². The molecule has 0 unspecified atom stereocenters. The van der Waals surface area contributed by atoms with E-state index in [1.807, 2.05) is 65.0 Å². The molecule has 6 nitrogen and oxygen atoms in total. The summed E-state index contributed by atoms with van der Waals surface area (Å²) in [4.78, 5) is 24.6. The van der Waals surface area contributed by atoms with Gasteiger partial charge in [-0.1, -0.05) is 24.3 Å². The highest BCUT2D eigenvalue weighted by Gasteiger charge is 2.06. The van der Waals surface area contributed by atoms with Gasteiger partial charge in [-0.2, -0.15) is 0 Å². The number of allylic oxidation sites excluding steroid dienone is 6. The lowest BCUT2D eigenvalue weighted by Crippen LogP contribution is -2.13. The normalized spacial score (nSPS) is 15.4. The molecule has 1 aromatic carbocycles. The zero-order valence-corrected chi connectivity index (χ0v) is 14.1. The van der Waals surface area contributed by atoms with Crippen LogP contribution in [0, 0.1) is 9.81 Å². The lowest BCUT2D eigenvalue weighted by molar-refractivity contribution is 0.488. The van der Waals surface area contributed by atoms with Crippen molar-refractivity contribution in [1.82, 2.24) is 9.80 Å². The second kappa shape index (κ2) is 8.53. The summed E-state index contributed by atoms with van der Waals surface area (Å²) in [6, 6.07) is 8.38. The molecule has 0 fully saturated rings. The van der Waals surface area contributed by atoms with Gasteiger partial charge in [0.25, 0.3) is 0 Å². The van der Waals surface area contributed by atoms with Gasteiger partial charge in [0.05, 0.1) is 12.4 Å². The minimum absolute atomic E-state index is 0.742. The van der Waals surface area contributed by atoms with Crippen molar-refractivity contribution in [3.05, 3.63) is 118 Å². The van der Waals surface area contributed by atoms with Crippen molar-refractivity contribution < 1.29 is 0 Å². The van der Waals surface area contributed by atoms with Crippen molar-refractivity contribution in [2.24, 2.45) is 10.4 Å². The van der Waals surface area contributed by atoms with Crippen LogP contribution in [0.1, 0.15) is 11.1 Å². The summed E-state index contributed by atoms with van der Waals surface area (Å²) in [5.41, 5.74) is 3.95. The Bertz CT molecular complexity index is 763. The van der Waals surface area contributed by atoms with Gasteiger partial charge in [-0.3, -0.25) is 0 Å². The highest BCUT2D eigenvalue weighted by Crippen LogP contribution is 2.17. The molecule has 0 saturated carbocycles. The molecule has 6 heteroatoms. The Hall–Kier alpha value is -3.54. The van der Waals surface area contributed by atoms with E-state index in [0.717, 1.165) is 24.2 Å². The van der Waals surface area contributed by atoms with E-state index in [9.17, 15) is 9.81 Å². The first-order chi connectivity index (χ1) is 12.8. The van der Waals surface area contributed by atoms with Crippen LogP contribution in [-0.4, -0.2) is 9.80 Å². The minimum atomic E-state index is 0.742. The van der Waals surface area contributed by atoms with Crippen LogP contribution in [0.4, 0.5) is 0 Å². The van der Waals surface area contributed by atoms with Crippen LogP contribution in [-0.2, 0) is 13.1 Å². The van der Waals surface area contributed by atoms with Crippen LogP contribution in [0.2, 0.25) is 0 Å². The third-order valence-corrected chi connectivity index (χ3v) is 3.96. The zero-order valence-electron chi connectivity index (χ0n) is 14.1. The smallest absolute Gasteiger partial charge is 0.0788 e. The van der Waals surface area contributed by atoms with E-state index in [1.54, 1.807) is 0 Å². The van der Waals surface area contributed by atoms with E-state index in [1.165, 1.54) is 23.5 Å². The van der Waals surface area contributed by atoms with Crippen LogP contribution in [0.3, 0.4) is 0 Å². The van der Waals surface area contributed by atoms with E-state index >= 15 is 0 Å². The first kappa shape index (κ1) is 17.3. The molecule has 0 N–H and O–H groups in total. The van der Waals surface area contributed by atoms with Gasteiger partial charge in [0.1, 0.15) is 0 Å². The Balaban J connectivity index is 1.61. The number of rotatable bonds is 6.